The molecule has 0 saturated carbocycles. The van der Waals surface area contributed by atoms with Crippen LogP contribution in [0.15, 0.2) is 49.2 Å². The lowest BCUT2D eigenvalue weighted by atomic mass is 10.1. The number of hydrogen-bond acceptors (Lipinski definition) is 2. The van der Waals surface area contributed by atoms with Crippen molar-refractivity contribution in [2.75, 3.05) is 0 Å². The molecule has 1 N–H and O–H groups in total. The first-order valence-electron chi connectivity index (χ1n) is 5.54. The monoisotopic (exact) mass is 223 g/mol. The molecule has 0 aromatic carbocycles. The number of rotatable bonds is 4. The van der Waals surface area contributed by atoms with Gasteiger partial charge in [0.25, 0.3) is 0 Å². The zero-order chi connectivity index (χ0) is 13.2. The molecule has 0 saturated heterocycles. The Labute approximate surface area is 100 Å². The number of hydrogen-bond donors (Lipinski definition) is 1. The molecule has 0 spiro atoms. The molecule has 0 fully saturated rings. The first-order valence-corrected chi connectivity index (χ1v) is 5.54. The van der Waals surface area contributed by atoms with Gasteiger partial charge in [-0.15, -0.1) is 0 Å². The highest BCUT2D eigenvalue weighted by molar-refractivity contribution is 5.24. The summed E-state index contributed by atoms with van der Waals surface area (Å²) in [6.45, 7) is 16.9. The van der Waals surface area contributed by atoms with Crippen molar-refractivity contribution < 1.29 is 5.21 Å². The lowest BCUT2D eigenvalue weighted by Crippen LogP contribution is -2.37. The van der Waals surface area contributed by atoms with Crippen LogP contribution >= 0.6 is 0 Å². The molecule has 0 aliphatic rings. The van der Waals surface area contributed by atoms with Gasteiger partial charge in [0.05, 0.1) is 11.2 Å². The zero-order valence-corrected chi connectivity index (χ0v) is 11.2. The lowest BCUT2D eigenvalue weighted by molar-refractivity contribution is -0.119. The van der Waals surface area contributed by atoms with Crippen LogP contribution in [0.1, 0.15) is 34.6 Å². The zero-order valence-electron chi connectivity index (χ0n) is 11.2. The smallest absolute Gasteiger partial charge is 0.0640 e. The highest BCUT2D eigenvalue weighted by Crippen LogP contribution is 2.17. The first-order chi connectivity index (χ1) is 7.43. The SMILES string of the molecule is C=C/C=C\C(=C/C=C)N(O)C(C)(C)C.CC. The van der Waals surface area contributed by atoms with Crippen LogP contribution in [0.25, 0.3) is 0 Å². The Kier molecular flexibility index (Phi) is 9.61. The van der Waals surface area contributed by atoms with Crippen LogP contribution in [-0.2, 0) is 0 Å². The molecule has 0 atom stereocenters. The van der Waals surface area contributed by atoms with Crippen molar-refractivity contribution in [3.8, 4) is 0 Å². The Hall–Kier alpha value is -1.28. The molecule has 0 aromatic rings. The summed E-state index contributed by atoms with van der Waals surface area (Å²) in [5.74, 6) is 0. The fourth-order valence-electron chi connectivity index (χ4n) is 0.871. The predicted octanol–water partition coefficient (Wildman–Crippen LogP) is 4.31. The second-order valence-electron chi connectivity index (χ2n) is 3.90. The van der Waals surface area contributed by atoms with Crippen molar-refractivity contribution in [3.05, 3.63) is 49.2 Å². The van der Waals surface area contributed by atoms with Gasteiger partial charge in [-0.2, -0.15) is 0 Å². The molecule has 0 aromatic heterocycles. The minimum absolute atomic E-state index is 0.333. The van der Waals surface area contributed by atoms with Crippen LogP contribution in [0.3, 0.4) is 0 Å². The van der Waals surface area contributed by atoms with Crippen LogP contribution < -0.4 is 0 Å². The molecule has 0 rings (SSSR count). The average molecular weight is 223 g/mol. The van der Waals surface area contributed by atoms with Crippen molar-refractivity contribution in [1.29, 1.82) is 0 Å². The van der Waals surface area contributed by atoms with Crippen LogP contribution in [0.5, 0.6) is 0 Å². The second kappa shape index (κ2) is 8.98. The molecule has 0 aliphatic heterocycles. The Morgan fingerprint density at radius 1 is 1.12 bits per heavy atom. The van der Waals surface area contributed by atoms with E-state index >= 15 is 0 Å². The molecule has 16 heavy (non-hydrogen) atoms. The molecular weight excluding hydrogens is 198 g/mol. The number of nitrogens with zero attached hydrogens (tertiary/aromatic N) is 1. The summed E-state index contributed by atoms with van der Waals surface area (Å²) in [4.78, 5) is 0. The molecule has 0 radical (unpaired) electrons. The maximum atomic E-state index is 9.83. The number of allylic oxidation sites excluding steroid dienone is 5. The van der Waals surface area contributed by atoms with Crippen LogP contribution in [0.4, 0.5) is 0 Å². The fraction of sp³-hybridized carbons (Fsp3) is 0.429. The van der Waals surface area contributed by atoms with Crippen molar-refractivity contribution in [2.24, 2.45) is 0 Å². The van der Waals surface area contributed by atoms with Crippen molar-refractivity contribution >= 4 is 0 Å². The highest BCUT2D eigenvalue weighted by Gasteiger charge is 2.19. The van der Waals surface area contributed by atoms with E-state index in [4.69, 9.17) is 0 Å². The topological polar surface area (TPSA) is 23.5 Å². The normalized spacial score (nSPS) is 11.8. The second-order valence-corrected chi connectivity index (χ2v) is 3.90. The van der Waals surface area contributed by atoms with Crippen molar-refractivity contribution in [2.45, 2.75) is 40.2 Å². The van der Waals surface area contributed by atoms with E-state index in [9.17, 15) is 5.21 Å². The summed E-state index contributed by atoms with van der Waals surface area (Å²) in [6.07, 6.45) is 8.58. The summed E-state index contributed by atoms with van der Waals surface area (Å²) in [5.41, 5.74) is 0.354. The van der Waals surface area contributed by atoms with Gasteiger partial charge in [0.15, 0.2) is 0 Å². The van der Waals surface area contributed by atoms with Gasteiger partial charge in [-0.3, -0.25) is 10.3 Å². The molecule has 0 bridgehead atoms. The maximum absolute atomic E-state index is 9.83. The highest BCUT2D eigenvalue weighted by atomic mass is 16.5. The van der Waals surface area contributed by atoms with Crippen LogP contribution in [0, 0.1) is 0 Å². The third kappa shape index (κ3) is 7.07. The minimum Gasteiger partial charge on any atom is -0.288 e. The summed E-state index contributed by atoms with van der Waals surface area (Å²) in [6, 6.07) is 0. The molecule has 0 heterocycles. The van der Waals surface area contributed by atoms with E-state index < -0.39 is 0 Å². The molecule has 0 unspecified atom stereocenters. The summed E-state index contributed by atoms with van der Waals surface area (Å²) < 4.78 is 0. The van der Waals surface area contributed by atoms with Gasteiger partial charge in [0, 0.05) is 0 Å². The third-order valence-corrected chi connectivity index (χ3v) is 1.57. The molecule has 2 nitrogen and oxygen atoms in total. The Balaban J connectivity index is 0. The van der Waals surface area contributed by atoms with Crippen molar-refractivity contribution in [3.63, 3.8) is 0 Å². The van der Waals surface area contributed by atoms with Gasteiger partial charge >= 0.3 is 0 Å². The first kappa shape index (κ1) is 17.1. The largest absolute Gasteiger partial charge is 0.288 e. The average Bonchev–Trinajstić information content (AvgIpc) is 2.25. The van der Waals surface area contributed by atoms with Crippen LogP contribution in [0.2, 0.25) is 0 Å². The molecular formula is C14H25NO. The standard InChI is InChI=1S/C12H19NO.C2H6/c1-6-8-10-11(9-7-2)13(14)12(3,4)5;1-2/h6-10,14H,1-2H2,3-5H3;1-2H3/b10-8-,11-9+;. The van der Waals surface area contributed by atoms with Gasteiger partial charge in [0.1, 0.15) is 0 Å². The molecule has 0 aliphatic carbocycles. The van der Waals surface area contributed by atoms with E-state index in [2.05, 4.69) is 13.2 Å². The van der Waals surface area contributed by atoms with Gasteiger partial charge in [-0.1, -0.05) is 45.2 Å². The minimum atomic E-state index is -0.333. The number of hydroxylamine groups is 2. The van der Waals surface area contributed by atoms with E-state index in [-0.39, 0.29) is 5.54 Å². The van der Waals surface area contributed by atoms with E-state index in [1.165, 1.54) is 5.06 Å². The predicted molar refractivity (Wildman–Crippen MR) is 72.3 cm³/mol. The lowest BCUT2D eigenvalue weighted by Gasteiger charge is -2.31. The Morgan fingerprint density at radius 2 is 1.62 bits per heavy atom. The van der Waals surface area contributed by atoms with Gasteiger partial charge in [-0.25, -0.2) is 0 Å². The summed E-state index contributed by atoms with van der Waals surface area (Å²) in [7, 11) is 0. The van der Waals surface area contributed by atoms with E-state index in [1.807, 2.05) is 34.6 Å². The third-order valence-electron chi connectivity index (χ3n) is 1.57. The maximum Gasteiger partial charge on any atom is 0.0640 e. The van der Waals surface area contributed by atoms with Gasteiger partial charge in [-0.05, 0) is 32.9 Å². The van der Waals surface area contributed by atoms with Crippen LogP contribution in [-0.4, -0.2) is 15.8 Å². The summed E-state index contributed by atoms with van der Waals surface area (Å²) >= 11 is 0. The fourth-order valence-corrected chi connectivity index (χ4v) is 0.871. The molecule has 2 heteroatoms. The van der Waals surface area contributed by atoms with Gasteiger partial charge < -0.3 is 0 Å². The molecule has 92 valence electrons. The Bertz CT molecular complexity index is 256. The van der Waals surface area contributed by atoms with Gasteiger partial charge in [0.2, 0.25) is 0 Å². The molecule has 0 amide bonds. The van der Waals surface area contributed by atoms with E-state index in [1.54, 1.807) is 30.4 Å². The Morgan fingerprint density at radius 3 is 1.94 bits per heavy atom. The summed E-state index contributed by atoms with van der Waals surface area (Å²) in [5, 5.41) is 11.0. The van der Waals surface area contributed by atoms with E-state index in [0.717, 1.165) is 0 Å². The quantitative estimate of drug-likeness (QED) is 0.567. The van der Waals surface area contributed by atoms with E-state index in [0.29, 0.717) is 5.70 Å². The van der Waals surface area contributed by atoms with Crippen molar-refractivity contribution in [1.82, 2.24) is 5.06 Å².